The molecule has 3 aromatic carbocycles. The molecule has 4 aliphatic heterocycles. The van der Waals surface area contributed by atoms with E-state index in [2.05, 4.69) is 38.5 Å². The van der Waals surface area contributed by atoms with Crippen LogP contribution in [0.25, 0.3) is 27.7 Å². The number of ether oxygens (including phenoxy) is 1. The molecule has 2 saturated heterocycles. The Morgan fingerprint density at radius 3 is 2.57 bits per heavy atom. The Bertz CT molecular complexity index is 2020. The van der Waals surface area contributed by atoms with Gasteiger partial charge in [-0.25, -0.2) is 9.07 Å². The Morgan fingerprint density at radius 2 is 1.73 bits per heavy atom. The van der Waals surface area contributed by atoms with Crippen molar-refractivity contribution in [1.82, 2.24) is 39.6 Å². The van der Waals surface area contributed by atoms with Crippen molar-refractivity contribution in [1.29, 1.82) is 0 Å². The summed E-state index contributed by atoms with van der Waals surface area (Å²) < 4.78 is 23.6. The minimum Gasteiger partial charge on any atom is -0.488 e. The molecule has 2 fully saturated rings. The number of carbonyl (C=O) groups is 2. The lowest BCUT2D eigenvalue weighted by atomic mass is 10.0. The fraction of sp³-hybridized carbons (Fsp3) is 0.333. The number of fused-ring (bicyclic) bond motifs is 6. The topological polar surface area (TPSA) is 101 Å². The van der Waals surface area contributed by atoms with Gasteiger partial charge in [0.1, 0.15) is 23.7 Å². The monoisotopic (exact) mass is 682 g/mol. The molecule has 0 radical (unpaired) electrons. The van der Waals surface area contributed by atoms with Crippen LogP contribution < -0.4 is 10.1 Å². The molecule has 6 heterocycles. The van der Waals surface area contributed by atoms with Crippen molar-refractivity contribution in [3.63, 3.8) is 0 Å². The molecule has 0 spiro atoms. The van der Waals surface area contributed by atoms with Crippen molar-refractivity contribution in [3.05, 3.63) is 95.7 Å². The highest BCUT2D eigenvalue weighted by Crippen LogP contribution is 2.32. The van der Waals surface area contributed by atoms with E-state index >= 15 is 0 Å². The number of nitrogens with zero attached hydrogens (tertiary/aromatic N) is 7. The zero-order chi connectivity index (χ0) is 33.5. The van der Waals surface area contributed by atoms with Gasteiger partial charge < -0.3 is 15.0 Å². The van der Waals surface area contributed by atoms with Crippen LogP contribution in [-0.4, -0.2) is 111 Å². The van der Waals surface area contributed by atoms with Gasteiger partial charge in [-0.1, -0.05) is 35.9 Å². The molecule has 9 rings (SSSR count). The summed E-state index contributed by atoms with van der Waals surface area (Å²) in [7, 11) is 0. The highest BCUT2D eigenvalue weighted by atomic mass is 35.5. The number of benzene rings is 3. The third-order valence-corrected chi connectivity index (χ3v) is 10.00. The number of nitrogens with one attached hydrogen (secondary N) is 1. The Morgan fingerprint density at radius 1 is 0.939 bits per heavy atom. The fourth-order valence-electron chi connectivity index (χ4n) is 7.08. The zero-order valence-corrected chi connectivity index (χ0v) is 27.6. The maximum Gasteiger partial charge on any atom is 0.257 e. The van der Waals surface area contributed by atoms with E-state index in [9.17, 15) is 14.0 Å². The normalized spacial score (nSPS) is 22.9. The average molecular weight is 683 g/mol. The minimum absolute atomic E-state index is 0.167. The van der Waals surface area contributed by atoms with E-state index in [4.69, 9.17) is 21.4 Å². The highest BCUT2D eigenvalue weighted by molar-refractivity contribution is 6.32. The molecule has 5 aromatic rings. The SMILES string of the molecule is O=C1NCCN2CCN(CC2)CCn2cc3c(cccc3n2)-c2cccc(c2)O[C@H]2C[C@@H]1N(C(=O)c1cnn(-c3ccc(F)cc3Cl)c1)C2. The summed E-state index contributed by atoms with van der Waals surface area (Å²) in [6.07, 6.45) is 5.03. The number of likely N-dealkylation sites (tertiary alicyclic amines) is 1. The second-order valence-corrected chi connectivity index (χ2v) is 13.3. The number of halogens is 2. The molecular formula is C36H36ClFN8O3. The lowest BCUT2D eigenvalue weighted by molar-refractivity contribution is -0.124. The summed E-state index contributed by atoms with van der Waals surface area (Å²) >= 11 is 6.26. The van der Waals surface area contributed by atoms with Crippen LogP contribution in [0.3, 0.4) is 0 Å². The number of piperazine rings is 1. The van der Waals surface area contributed by atoms with Gasteiger partial charge in [0.2, 0.25) is 5.91 Å². The van der Waals surface area contributed by atoms with E-state index < -0.39 is 18.0 Å². The molecule has 2 amide bonds. The number of aromatic nitrogens is 4. The molecule has 13 heteroatoms. The van der Waals surface area contributed by atoms with Crippen LogP contribution in [0.1, 0.15) is 16.8 Å². The summed E-state index contributed by atoms with van der Waals surface area (Å²) in [5.41, 5.74) is 3.73. The predicted molar refractivity (Wildman–Crippen MR) is 183 cm³/mol. The van der Waals surface area contributed by atoms with Gasteiger partial charge in [0.15, 0.2) is 0 Å². The summed E-state index contributed by atoms with van der Waals surface area (Å²) in [6.45, 7) is 6.89. The number of rotatable bonds is 2. The maximum absolute atomic E-state index is 14.0. The fourth-order valence-corrected chi connectivity index (χ4v) is 7.33. The Labute approximate surface area is 287 Å². The molecule has 0 saturated carbocycles. The van der Waals surface area contributed by atoms with E-state index in [0.717, 1.165) is 67.8 Å². The highest BCUT2D eigenvalue weighted by Gasteiger charge is 2.41. The van der Waals surface area contributed by atoms with Crippen LogP contribution in [-0.2, 0) is 11.3 Å². The van der Waals surface area contributed by atoms with Crippen LogP contribution in [0.5, 0.6) is 5.75 Å². The Balaban J connectivity index is 1.09. The molecule has 252 valence electrons. The Hall–Kier alpha value is -4.78. The first-order valence-corrected chi connectivity index (χ1v) is 17.0. The largest absolute Gasteiger partial charge is 0.488 e. The van der Waals surface area contributed by atoms with Crippen molar-refractivity contribution in [2.45, 2.75) is 25.1 Å². The van der Waals surface area contributed by atoms with Gasteiger partial charge in [-0.2, -0.15) is 10.2 Å². The van der Waals surface area contributed by atoms with Crippen LogP contribution in [0, 0.1) is 5.82 Å². The third kappa shape index (κ3) is 6.51. The van der Waals surface area contributed by atoms with Gasteiger partial charge in [-0.15, -0.1) is 0 Å². The van der Waals surface area contributed by atoms with Crippen molar-refractivity contribution < 1.29 is 18.7 Å². The lowest BCUT2D eigenvalue weighted by Gasteiger charge is -2.34. The molecule has 4 aliphatic rings. The van der Waals surface area contributed by atoms with Crippen molar-refractivity contribution >= 4 is 34.3 Å². The first kappa shape index (κ1) is 31.5. The molecule has 0 aliphatic carbocycles. The van der Waals surface area contributed by atoms with Crippen LogP contribution in [0.2, 0.25) is 5.02 Å². The summed E-state index contributed by atoms with van der Waals surface area (Å²) in [5, 5.41) is 13.5. The third-order valence-electron chi connectivity index (χ3n) is 9.70. The van der Waals surface area contributed by atoms with Gasteiger partial charge in [-0.3, -0.25) is 24.1 Å². The van der Waals surface area contributed by atoms with Crippen LogP contribution >= 0.6 is 11.6 Å². The maximum atomic E-state index is 14.0. The number of carbonyl (C=O) groups excluding carboxylic acids is 2. The second-order valence-electron chi connectivity index (χ2n) is 12.9. The lowest BCUT2D eigenvalue weighted by Crippen LogP contribution is -2.50. The number of amides is 2. The van der Waals surface area contributed by atoms with E-state index in [1.165, 1.54) is 29.1 Å². The minimum atomic E-state index is -0.732. The van der Waals surface area contributed by atoms with E-state index in [0.29, 0.717) is 24.4 Å². The van der Waals surface area contributed by atoms with Gasteiger partial charge in [0.05, 0.1) is 41.1 Å². The molecule has 1 N–H and O–H groups in total. The van der Waals surface area contributed by atoms with Gasteiger partial charge in [0.25, 0.3) is 5.91 Å². The van der Waals surface area contributed by atoms with Crippen molar-refractivity contribution in [2.75, 3.05) is 52.4 Å². The molecular weight excluding hydrogens is 647 g/mol. The van der Waals surface area contributed by atoms with Crippen LogP contribution in [0.4, 0.5) is 4.39 Å². The van der Waals surface area contributed by atoms with Crippen molar-refractivity contribution in [3.8, 4) is 22.6 Å². The number of hydrogen-bond donors (Lipinski definition) is 1. The molecule has 49 heavy (non-hydrogen) atoms. The van der Waals surface area contributed by atoms with Gasteiger partial charge in [-0.05, 0) is 47.5 Å². The quantitative estimate of drug-likeness (QED) is 0.300. The Kier molecular flexibility index (Phi) is 8.52. The smallest absolute Gasteiger partial charge is 0.257 e. The standard InChI is InChI=1S/C36H36ClFN8O3/c37-31-18-26(38)7-8-33(31)46-21-25(20-40-46)36(48)45-22-28-19-34(45)35(47)39-9-10-42-11-13-43(14-12-42)15-16-44-23-30-29(5-2-6-32(30)41-44)24-3-1-4-27(17-24)49-28/h1-8,17-18,20-21,23,28,34H,9-16,19,22H2,(H,39,47)/t28-,34-/m0/s1. The second kappa shape index (κ2) is 13.3. The average Bonchev–Trinajstić information content (AvgIpc) is 3.86. The summed E-state index contributed by atoms with van der Waals surface area (Å²) in [6, 6.07) is 17.3. The van der Waals surface area contributed by atoms with E-state index in [-0.39, 0.29) is 28.9 Å². The summed E-state index contributed by atoms with van der Waals surface area (Å²) in [4.78, 5) is 34.1. The van der Waals surface area contributed by atoms with Crippen LogP contribution in [0.15, 0.2) is 79.3 Å². The molecule has 11 nitrogen and oxygen atoms in total. The zero-order valence-electron chi connectivity index (χ0n) is 26.8. The van der Waals surface area contributed by atoms with Gasteiger partial charge >= 0.3 is 0 Å². The molecule has 0 unspecified atom stereocenters. The van der Waals surface area contributed by atoms with Crippen molar-refractivity contribution in [2.24, 2.45) is 0 Å². The number of hydrogen-bond acceptors (Lipinski definition) is 7. The molecule has 2 aromatic heterocycles. The molecule has 2 atom stereocenters. The van der Waals surface area contributed by atoms with E-state index in [1.807, 2.05) is 35.0 Å². The first-order valence-electron chi connectivity index (χ1n) is 16.6. The van der Waals surface area contributed by atoms with E-state index in [1.54, 1.807) is 11.1 Å². The first-order chi connectivity index (χ1) is 23.9. The predicted octanol–water partition coefficient (Wildman–Crippen LogP) is 4.09. The van der Waals surface area contributed by atoms with Gasteiger partial charge in [0, 0.05) is 70.0 Å². The molecule has 8 bridgehead atoms. The summed E-state index contributed by atoms with van der Waals surface area (Å²) in [5.74, 6) is -0.375.